The molecule has 9 heteroatoms. The summed E-state index contributed by atoms with van der Waals surface area (Å²) in [5.41, 5.74) is 0.507. The molecule has 0 spiro atoms. The van der Waals surface area contributed by atoms with Crippen molar-refractivity contribution in [1.82, 2.24) is 20.2 Å². The van der Waals surface area contributed by atoms with Gasteiger partial charge in [0.2, 0.25) is 0 Å². The Labute approximate surface area is 151 Å². The molecule has 0 atom stereocenters. The molecule has 1 aromatic carbocycles. The van der Waals surface area contributed by atoms with Crippen LogP contribution in [0.4, 0.5) is 17.6 Å². The first-order valence-electron chi connectivity index (χ1n) is 8.35. The Bertz CT molecular complexity index is 934. The Balaban J connectivity index is 1.56. The highest BCUT2D eigenvalue weighted by Crippen LogP contribution is 2.46. The number of nitrogens with zero attached hydrogens (tertiary/aromatic N) is 4. The molecule has 0 bridgehead atoms. The van der Waals surface area contributed by atoms with Gasteiger partial charge in [-0.2, -0.15) is 8.78 Å². The van der Waals surface area contributed by atoms with Crippen LogP contribution in [-0.4, -0.2) is 20.2 Å². The molecule has 1 saturated carbocycles. The molecule has 5 nitrogen and oxygen atoms in total. The fraction of sp³-hybridized carbons (Fsp3) is 0.333. The van der Waals surface area contributed by atoms with Gasteiger partial charge in [0, 0.05) is 30.3 Å². The summed E-state index contributed by atoms with van der Waals surface area (Å²) in [6.45, 7) is 0. The van der Waals surface area contributed by atoms with E-state index in [0.29, 0.717) is 23.4 Å². The minimum Gasteiger partial charge on any atom is -0.415 e. The van der Waals surface area contributed by atoms with E-state index in [1.807, 2.05) is 0 Å². The lowest BCUT2D eigenvalue weighted by Gasteiger charge is -2.42. The van der Waals surface area contributed by atoms with Gasteiger partial charge < -0.3 is 4.42 Å². The van der Waals surface area contributed by atoms with E-state index >= 15 is 0 Å². The summed E-state index contributed by atoms with van der Waals surface area (Å²) in [7, 11) is 0. The Hall–Kier alpha value is -2.84. The molecule has 0 saturated heterocycles. The number of alkyl halides is 2. The van der Waals surface area contributed by atoms with Crippen molar-refractivity contribution in [3.63, 3.8) is 0 Å². The van der Waals surface area contributed by atoms with E-state index in [1.165, 1.54) is 24.5 Å². The molecular formula is C18H14F4N4O. The molecule has 2 aromatic heterocycles. The molecule has 1 fully saturated rings. The third kappa shape index (κ3) is 3.41. The van der Waals surface area contributed by atoms with Gasteiger partial charge in [-0.05, 0) is 30.5 Å². The van der Waals surface area contributed by atoms with Crippen LogP contribution < -0.4 is 0 Å². The van der Waals surface area contributed by atoms with Gasteiger partial charge in [-0.3, -0.25) is 0 Å². The smallest absolute Gasteiger partial charge is 0.314 e. The minimum absolute atomic E-state index is 0.0950. The maximum Gasteiger partial charge on any atom is 0.314 e. The van der Waals surface area contributed by atoms with Crippen LogP contribution in [0.1, 0.15) is 43.0 Å². The molecule has 1 aliphatic rings. The number of hydrogen-bond donors (Lipinski definition) is 0. The van der Waals surface area contributed by atoms with Crippen molar-refractivity contribution in [2.24, 2.45) is 0 Å². The van der Waals surface area contributed by atoms with E-state index in [4.69, 9.17) is 4.42 Å². The summed E-state index contributed by atoms with van der Waals surface area (Å²) in [6, 6.07) is 3.54. The number of halogens is 4. The first-order chi connectivity index (χ1) is 12.9. The van der Waals surface area contributed by atoms with E-state index in [-0.39, 0.29) is 5.89 Å². The SMILES string of the molecule is Fc1cc(F)cc(C2(Cc3ncc(-c4nnc(C(F)F)o4)cn3)CCC2)c1. The first kappa shape index (κ1) is 17.6. The monoisotopic (exact) mass is 378 g/mol. The van der Waals surface area contributed by atoms with Gasteiger partial charge in [0.1, 0.15) is 17.5 Å². The molecular weight excluding hydrogens is 364 g/mol. The van der Waals surface area contributed by atoms with Crippen molar-refractivity contribution in [3.05, 3.63) is 59.5 Å². The van der Waals surface area contributed by atoms with Gasteiger partial charge in [-0.1, -0.05) is 6.42 Å². The summed E-state index contributed by atoms with van der Waals surface area (Å²) in [6.07, 6.45) is 2.89. The molecule has 4 rings (SSSR count). The topological polar surface area (TPSA) is 64.7 Å². The van der Waals surface area contributed by atoms with Crippen molar-refractivity contribution in [1.29, 1.82) is 0 Å². The third-order valence-electron chi connectivity index (χ3n) is 4.86. The summed E-state index contributed by atoms with van der Waals surface area (Å²) >= 11 is 0. The summed E-state index contributed by atoms with van der Waals surface area (Å²) < 4.78 is 57.1. The minimum atomic E-state index is -2.85. The molecule has 0 radical (unpaired) electrons. The number of hydrogen-bond acceptors (Lipinski definition) is 5. The van der Waals surface area contributed by atoms with Gasteiger partial charge in [0.25, 0.3) is 11.8 Å². The number of benzene rings is 1. The third-order valence-corrected chi connectivity index (χ3v) is 4.86. The van der Waals surface area contributed by atoms with Crippen LogP contribution in [0.25, 0.3) is 11.5 Å². The standard InChI is InChI=1S/C18H14F4N4O/c19-12-4-11(5-13(20)6-12)18(2-1-3-18)7-14-23-8-10(9-24-14)16-25-26-17(27-16)15(21)22/h4-6,8-9,15H,1-3,7H2. The predicted octanol–water partition coefficient (Wildman–Crippen LogP) is 4.41. The highest BCUT2D eigenvalue weighted by atomic mass is 19.3. The normalized spacial score (nSPS) is 15.7. The van der Waals surface area contributed by atoms with Crippen LogP contribution in [0, 0.1) is 11.6 Å². The van der Waals surface area contributed by atoms with Crippen LogP contribution in [0.2, 0.25) is 0 Å². The average molecular weight is 378 g/mol. The highest BCUT2D eigenvalue weighted by molar-refractivity contribution is 5.48. The Morgan fingerprint density at radius 3 is 2.19 bits per heavy atom. The Morgan fingerprint density at radius 1 is 1.00 bits per heavy atom. The fourth-order valence-electron chi connectivity index (χ4n) is 3.33. The van der Waals surface area contributed by atoms with Gasteiger partial charge in [-0.25, -0.2) is 18.7 Å². The Morgan fingerprint density at radius 2 is 1.67 bits per heavy atom. The molecule has 3 aromatic rings. The largest absolute Gasteiger partial charge is 0.415 e. The molecule has 0 unspecified atom stereocenters. The van der Waals surface area contributed by atoms with Crippen LogP contribution in [-0.2, 0) is 11.8 Å². The van der Waals surface area contributed by atoms with E-state index < -0.39 is 29.4 Å². The molecule has 0 amide bonds. The van der Waals surface area contributed by atoms with Crippen molar-refractivity contribution in [3.8, 4) is 11.5 Å². The molecule has 0 N–H and O–H groups in total. The van der Waals surface area contributed by atoms with Gasteiger partial charge in [0.05, 0.1) is 5.56 Å². The molecule has 1 aliphatic carbocycles. The summed E-state index contributed by atoms with van der Waals surface area (Å²) in [5.74, 6) is -1.60. The zero-order valence-electron chi connectivity index (χ0n) is 14.0. The second kappa shape index (κ2) is 6.71. The second-order valence-corrected chi connectivity index (χ2v) is 6.60. The zero-order valence-corrected chi connectivity index (χ0v) is 14.0. The van der Waals surface area contributed by atoms with Crippen molar-refractivity contribution < 1.29 is 22.0 Å². The average Bonchev–Trinajstić information content (AvgIpc) is 3.08. The van der Waals surface area contributed by atoms with Crippen LogP contribution in [0.15, 0.2) is 35.0 Å². The molecule has 0 aliphatic heterocycles. The Kier molecular flexibility index (Phi) is 4.37. The quantitative estimate of drug-likeness (QED) is 0.616. The number of rotatable bonds is 5. The zero-order chi connectivity index (χ0) is 19.0. The summed E-state index contributed by atoms with van der Waals surface area (Å²) in [4.78, 5) is 8.47. The van der Waals surface area contributed by atoms with Crippen LogP contribution >= 0.6 is 0 Å². The highest BCUT2D eigenvalue weighted by Gasteiger charge is 2.40. The summed E-state index contributed by atoms with van der Waals surface area (Å²) in [5, 5.41) is 6.81. The number of aromatic nitrogens is 4. The molecule has 2 heterocycles. The van der Waals surface area contributed by atoms with Gasteiger partial charge >= 0.3 is 6.43 Å². The fourth-order valence-corrected chi connectivity index (χ4v) is 3.33. The van der Waals surface area contributed by atoms with Gasteiger partial charge in [0.15, 0.2) is 0 Å². The van der Waals surface area contributed by atoms with Crippen LogP contribution in [0.5, 0.6) is 0 Å². The molecule has 140 valence electrons. The predicted molar refractivity (Wildman–Crippen MR) is 85.9 cm³/mol. The first-order valence-corrected chi connectivity index (χ1v) is 8.35. The van der Waals surface area contributed by atoms with Gasteiger partial charge in [-0.15, -0.1) is 10.2 Å². The van der Waals surface area contributed by atoms with E-state index in [1.54, 1.807) is 0 Å². The van der Waals surface area contributed by atoms with Crippen molar-refractivity contribution >= 4 is 0 Å². The van der Waals surface area contributed by atoms with Crippen LogP contribution in [0.3, 0.4) is 0 Å². The van der Waals surface area contributed by atoms with Crippen molar-refractivity contribution in [2.75, 3.05) is 0 Å². The molecule has 27 heavy (non-hydrogen) atoms. The second-order valence-electron chi connectivity index (χ2n) is 6.60. The maximum absolute atomic E-state index is 13.6. The van der Waals surface area contributed by atoms with E-state index in [0.717, 1.165) is 25.3 Å². The maximum atomic E-state index is 13.6. The lowest BCUT2D eigenvalue weighted by molar-refractivity contribution is 0.116. The van der Waals surface area contributed by atoms with Crippen molar-refractivity contribution in [2.45, 2.75) is 37.5 Å². The van der Waals surface area contributed by atoms with E-state index in [2.05, 4.69) is 20.2 Å². The lowest BCUT2D eigenvalue weighted by Crippen LogP contribution is -2.37. The lowest BCUT2D eigenvalue weighted by atomic mass is 9.62. The van der Waals surface area contributed by atoms with E-state index in [9.17, 15) is 17.6 Å².